The van der Waals surface area contributed by atoms with Crippen LogP contribution in [0.5, 0.6) is 0 Å². The summed E-state index contributed by atoms with van der Waals surface area (Å²) in [5, 5.41) is 31.2. The maximum absolute atomic E-state index is 10.5. The van der Waals surface area contributed by atoms with Crippen LogP contribution in [0.4, 0.5) is 11.4 Å². The van der Waals surface area contributed by atoms with E-state index < -0.39 is 16.8 Å². The van der Waals surface area contributed by atoms with Gasteiger partial charge in [0.25, 0.3) is 11.4 Å². The predicted octanol–water partition coefficient (Wildman–Crippen LogP) is 0.601. The average molecular weight is 272 g/mol. The van der Waals surface area contributed by atoms with Crippen molar-refractivity contribution in [2.45, 2.75) is 0 Å². The van der Waals surface area contributed by atoms with E-state index in [2.05, 4.69) is 0 Å². The highest BCUT2D eigenvalue weighted by molar-refractivity contribution is 6.78. The van der Waals surface area contributed by atoms with Gasteiger partial charge < -0.3 is 5.02 Å². The number of non-ortho nitro benzene ring substituents is 2. The van der Waals surface area contributed by atoms with Crippen LogP contribution in [0.1, 0.15) is 0 Å². The van der Waals surface area contributed by atoms with Crippen LogP contribution in [0, 0.1) is 20.2 Å². The minimum atomic E-state index is -0.989. The van der Waals surface area contributed by atoms with Crippen LogP contribution in [-0.2, 0) is 0 Å². The summed E-state index contributed by atoms with van der Waals surface area (Å²) >= 11 is 0. The minimum absolute atomic E-state index is 0.0651. The molecule has 0 unspecified atom stereocenters. The Labute approximate surface area is 113 Å². The Kier molecular flexibility index (Phi) is 3.76. The van der Waals surface area contributed by atoms with Gasteiger partial charge in [-0.1, -0.05) is 24.3 Å². The first-order chi connectivity index (χ1) is 9.49. The fraction of sp³-hybridized carbons (Fsp3) is 0. The van der Waals surface area contributed by atoms with Gasteiger partial charge in [-0.25, -0.2) is 0 Å². The fourth-order valence-electron chi connectivity index (χ4n) is 1.75. The van der Waals surface area contributed by atoms with E-state index in [9.17, 15) is 25.3 Å². The molecule has 0 aliphatic carbocycles. The van der Waals surface area contributed by atoms with Crippen molar-refractivity contribution in [3.05, 3.63) is 68.8 Å². The highest BCUT2D eigenvalue weighted by Gasteiger charge is 2.19. The molecule has 0 bridgehead atoms. The number of nitro benzene ring substituents is 2. The van der Waals surface area contributed by atoms with Gasteiger partial charge in [-0.15, -0.1) is 0 Å². The van der Waals surface area contributed by atoms with Crippen molar-refractivity contribution in [3.8, 4) is 0 Å². The number of hydrogen-bond acceptors (Lipinski definition) is 5. The van der Waals surface area contributed by atoms with Crippen LogP contribution >= 0.6 is 0 Å². The summed E-state index contributed by atoms with van der Waals surface area (Å²) in [5.41, 5.74) is 0.822. The molecule has 2 aromatic carbocycles. The lowest BCUT2D eigenvalue weighted by molar-refractivity contribution is -0.385. The standard InChI is InChI=1S/C12H9BN2O5/c16-13(9-1-5-11(6-2-9)14(17)18)10-3-7-12(8-4-10)15(19)20/h1-8,16H. The third-order valence-electron chi connectivity index (χ3n) is 2.84. The number of rotatable bonds is 4. The summed E-state index contributed by atoms with van der Waals surface area (Å²) in [4.78, 5) is 20.0. The van der Waals surface area contributed by atoms with Crippen LogP contribution < -0.4 is 10.9 Å². The smallest absolute Gasteiger partial charge is 0.358 e. The molecule has 7 nitrogen and oxygen atoms in total. The van der Waals surface area contributed by atoms with Gasteiger partial charge in [0.2, 0.25) is 0 Å². The summed E-state index contributed by atoms with van der Waals surface area (Å²) in [6.45, 7) is -0.989. The van der Waals surface area contributed by atoms with Crippen LogP contribution in [0.15, 0.2) is 48.5 Å². The van der Waals surface area contributed by atoms with Gasteiger partial charge in [0.05, 0.1) is 9.85 Å². The second-order valence-electron chi connectivity index (χ2n) is 4.10. The van der Waals surface area contributed by atoms with Crippen LogP contribution in [0.25, 0.3) is 0 Å². The third kappa shape index (κ3) is 2.81. The van der Waals surface area contributed by atoms with E-state index in [1.165, 1.54) is 48.5 Å². The number of benzene rings is 2. The first kappa shape index (κ1) is 13.7. The molecule has 0 aliphatic heterocycles. The van der Waals surface area contributed by atoms with Crippen LogP contribution in [0.3, 0.4) is 0 Å². The average Bonchev–Trinajstić information content (AvgIpc) is 2.46. The summed E-state index contributed by atoms with van der Waals surface area (Å²) in [5.74, 6) is 0. The normalized spacial score (nSPS) is 10.1. The predicted molar refractivity (Wildman–Crippen MR) is 73.4 cm³/mol. The Morgan fingerprint density at radius 2 is 1.05 bits per heavy atom. The molecule has 0 aromatic heterocycles. The van der Waals surface area contributed by atoms with E-state index >= 15 is 0 Å². The topological polar surface area (TPSA) is 107 Å². The van der Waals surface area contributed by atoms with E-state index in [4.69, 9.17) is 0 Å². The summed E-state index contributed by atoms with van der Waals surface area (Å²) in [6, 6.07) is 11.0. The van der Waals surface area contributed by atoms with Crippen molar-refractivity contribution < 1.29 is 14.9 Å². The van der Waals surface area contributed by atoms with Crippen LogP contribution in [-0.4, -0.2) is 21.8 Å². The molecule has 0 saturated carbocycles. The van der Waals surface area contributed by atoms with E-state index in [1.807, 2.05) is 0 Å². The zero-order chi connectivity index (χ0) is 14.7. The van der Waals surface area contributed by atoms with Gasteiger partial charge in [-0.3, -0.25) is 20.2 Å². The van der Waals surface area contributed by atoms with Crippen molar-refractivity contribution in [3.63, 3.8) is 0 Å². The lowest BCUT2D eigenvalue weighted by atomic mass is 9.56. The SMILES string of the molecule is O=[N+]([O-])c1ccc(B(O)c2ccc([N+](=O)[O-])cc2)cc1. The number of hydrogen-bond donors (Lipinski definition) is 1. The van der Waals surface area contributed by atoms with Crippen LogP contribution in [0.2, 0.25) is 0 Å². The van der Waals surface area contributed by atoms with Gasteiger partial charge in [0.15, 0.2) is 0 Å². The number of nitrogens with zero attached hydrogens (tertiary/aromatic N) is 2. The van der Waals surface area contributed by atoms with Gasteiger partial charge in [-0.2, -0.15) is 0 Å². The monoisotopic (exact) mass is 272 g/mol. The molecule has 0 atom stereocenters. The summed E-state index contributed by atoms with van der Waals surface area (Å²) in [6.07, 6.45) is 0. The maximum Gasteiger partial charge on any atom is 0.358 e. The highest BCUT2D eigenvalue weighted by Crippen LogP contribution is 2.09. The Hall–Kier alpha value is -2.74. The second kappa shape index (κ2) is 5.49. The first-order valence-corrected chi connectivity index (χ1v) is 5.66. The maximum atomic E-state index is 10.5. The quantitative estimate of drug-likeness (QED) is 0.498. The third-order valence-corrected chi connectivity index (χ3v) is 2.84. The minimum Gasteiger partial charge on any atom is -0.443 e. The summed E-state index contributed by atoms with van der Waals surface area (Å²) < 4.78 is 0. The van der Waals surface area contributed by atoms with E-state index in [1.54, 1.807) is 0 Å². The molecule has 0 amide bonds. The zero-order valence-corrected chi connectivity index (χ0v) is 10.2. The molecular formula is C12H9BN2O5. The van der Waals surface area contributed by atoms with Gasteiger partial charge >= 0.3 is 6.92 Å². The molecule has 0 aliphatic rings. The molecule has 0 saturated heterocycles. The molecule has 100 valence electrons. The fourth-order valence-corrected chi connectivity index (χ4v) is 1.75. The lowest BCUT2D eigenvalue weighted by Crippen LogP contribution is -2.42. The van der Waals surface area contributed by atoms with E-state index in [0.717, 1.165) is 0 Å². The Bertz CT molecular complexity index is 584. The Morgan fingerprint density at radius 1 is 0.750 bits per heavy atom. The Morgan fingerprint density at radius 3 is 1.30 bits per heavy atom. The highest BCUT2D eigenvalue weighted by atomic mass is 16.6. The zero-order valence-electron chi connectivity index (χ0n) is 10.2. The van der Waals surface area contributed by atoms with Crippen molar-refractivity contribution in [2.24, 2.45) is 0 Å². The van der Waals surface area contributed by atoms with Crippen molar-refractivity contribution in [1.82, 2.24) is 0 Å². The molecule has 20 heavy (non-hydrogen) atoms. The lowest BCUT2D eigenvalue weighted by Gasteiger charge is -2.06. The van der Waals surface area contributed by atoms with E-state index in [-0.39, 0.29) is 11.4 Å². The first-order valence-electron chi connectivity index (χ1n) is 5.66. The largest absolute Gasteiger partial charge is 0.443 e. The molecule has 2 rings (SSSR count). The molecule has 0 radical (unpaired) electrons. The van der Waals surface area contributed by atoms with Crippen molar-refractivity contribution in [2.75, 3.05) is 0 Å². The van der Waals surface area contributed by atoms with Crippen molar-refractivity contribution >= 4 is 29.2 Å². The van der Waals surface area contributed by atoms with Gasteiger partial charge in [-0.05, 0) is 10.9 Å². The molecule has 8 heteroatoms. The molecular weight excluding hydrogens is 263 g/mol. The molecule has 2 aromatic rings. The van der Waals surface area contributed by atoms with E-state index in [0.29, 0.717) is 10.9 Å². The number of nitro groups is 2. The second-order valence-corrected chi connectivity index (χ2v) is 4.10. The molecule has 0 heterocycles. The van der Waals surface area contributed by atoms with Gasteiger partial charge in [0, 0.05) is 24.3 Å². The molecule has 0 fully saturated rings. The van der Waals surface area contributed by atoms with Crippen molar-refractivity contribution in [1.29, 1.82) is 0 Å². The summed E-state index contributed by atoms with van der Waals surface area (Å²) in [7, 11) is 0. The molecule has 1 N–H and O–H groups in total. The van der Waals surface area contributed by atoms with Gasteiger partial charge in [0.1, 0.15) is 0 Å². The Balaban J connectivity index is 2.24. The molecule has 0 spiro atoms.